The predicted octanol–water partition coefficient (Wildman–Crippen LogP) is 0.802. The number of carbonyl (C=O) groups excluding carboxylic acids is 2. The summed E-state index contributed by atoms with van der Waals surface area (Å²) < 4.78 is 0. The van der Waals surface area contributed by atoms with Gasteiger partial charge in [-0.25, -0.2) is 9.59 Å². The van der Waals surface area contributed by atoms with Crippen LogP contribution in [-0.2, 0) is 0 Å². The Labute approximate surface area is 102 Å². The highest BCUT2D eigenvalue weighted by molar-refractivity contribution is 5.85. The number of hydrogen-bond acceptors (Lipinski definition) is 2. The number of urea groups is 2. The van der Waals surface area contributed by atoms with Gasteiger partial charge in [0, 0.05) is 26.7 Å². The van der Waals surface area contributed by atoms with Crippen LogP contribution in [0.1, 0.15) is 20.8 Å². The van der Waals surface area contributed by atoms with Gasteiger partial charge in [0.15, 0.2) is 0 Å². The summed E-state index contributed by atoms with van der Waals surface area (Å²) in [4.78, 5) is 30.8. The normalized spacial score (nSPS) is 29.5. The van der Waals surface area contributed by atoms with Crippen LogP contribution in [0.5, 0.6) is 0 Å². The average molecular weight is 240 g/mol. The van der Waals surface area contributed by atoms with E-state index in [2.05, 4.69) is 0 Å². The molecule has 6 heteroatoms. The average Bonchev–Trinajstić information content (AvgIpc) is 2.58. The van der Waals surface area contributed by atoms with Crippen LogP contribution in [0, 0.1) is 0 Å². The number of likely N-dealkylation sites (N-methyl/N-ethyl adjacent to an activating group) is 3. The molecule has 0 saturated carbocycles. The molecular formula is C11H20N4O2. The summed E-state index contributed by atoms with van der Waals surface area (Å²) in [5, 5.41) is 0. The molecule has 0 aromatic heterocycles. The molecule has 0 bridgehead atoms. The van der Waals surface area contributed by atoms with E-state index in [-0.39, 0.29) is 29.9 Å². The van der Waals surface area contributed by atoms with Crippen molar-refractivity contribution in [3.8, 4) is 0 Å². The minimum absolute atomic E-state index is 0.0290. The monoisotopic (exact) mass is 240 g/mol. The molecule has 2 fully saturated rings. The number of nitrogens with zero attached hydrogens (tertiary/aromatic N) is 4. The van der Waals surface area contributed by atoms with E-state index in [0.29, 0.717) is 0 Å². The van der Waals surface area contributed by atoms with Crippen LogP contribution in [0.25, 0.3) is 0 Å². The second-order valence-corrected chi connectivity index (χ2v) is 5.77. The zero-order chi connectivity index (χ0) is 13.1. The second-order valence-electron chi connectivity index (χ2n) is 5.77. The summed E-state index contributed by atoms with van der Waals surface area (Å²) in [6, 6.07) is -0.0766. The van der Waals surface area contributed by atoms with E-state index in [0.717, 1.165) is 0 Å². The number of hydrogen-bond donors (Lipinski definition) is 0. The molecule has 6 nitrogen and oxygen atoms in total. The van der Waals surface area contributed by atoms with Gasteiger partial charge in [-0.1, -0.05) is 0 Å². The Kier molecular flexibility index (Phi) is 2.31. The molecule has 2 saturated heterocycles. The van der Waals surface area contributed by atoms with E-state index in [4.69, 9.17) is 0 Å². The first-order valence-corrected chi connectivity index (χ1v) is 5.73. The Morgan fingerprint density at radius 2 is 1.24 bits per heavy atom. The van der Waals surface area contributed by atoms with Gasteiger partial charge in [-0.15, -0.1) is 0 Å². The number of fused-ring (bicyclic) bond motifs is 1. The Bertz CT molecular complexity index is 376. The van der Waals surface area contributed by atoms with E-state index in [1.54, 1.807) is 40.7 Å². The van der Waals surface area contributed by atoms with Crippen molar-refractivity contribution in [3.05, 3.63) is 0 Å². The lowest BCUT2D eigenvalue weighted by molar-refractivity contribution is 0.0811. The smallest absolute Gasteiger partial charge is 0.303 e. The first kappa shape index (κ1) is 12.0. The quantitative estimate of drug-likeness (QED) is 0.629. The summed E-state index contributed by atoms with van der Waals surface area (Å²) in [6.07, 6.45) is -0.399. The molecule has 2 heterocycles. The van der Waals surface area contributed by atoms with Gasteiger partial charge in [0.2, 0.25) is 0 Å². The van der Waals surface area contributed by atoms with Crippen molar-refractivity contribution in [2.75, 3.05) is 21.1 Å². The third-order valence-corrected chi connectivity index (χ3v) is 3.56. The van der Waals surface area contributed by atoms with Gasteiger partial charge in [-0.3, -0.25) is 4.90 Å². The van der Waals surface area contributed by atoms with E-state index in [9.17, 15) is 9.59 Å². The molecule has 0 aromatic rings. The molecule has 0 aliphatic carbocycles. The topological polar surface area (TPSA) is 47.1 Å². The van der Waals surface area contributed by atoms with Crippen LogP contribution in [0.15, 0.2) is 0 Å². The largest absolute Gasteiger partial charge is 0.323 e. The molecule has 0 N–H and O–H groups in total. The molecule has 17 heavy (non-hydrogen) atoms. The lowest BCUT2D eigenvalue weighted by atomic mass is 10.1. The van der Waals surface area contributed by atoms with Crippen LogP contribution in [0.3, 0.4) is 0 Å². The molecule has 0 radical (unpaired) electrons. The first-order chi connectivity index (χ1) is 7.68. The number of amides is 4. The molecule has 2 atom stereocenters. The molecule has 4 amide bonds. The van der Waals surface area contributed by atoms with E-state index in [1.165, 1.54) is 0 Å². The van der Waals surface area contributed by atoms with Crippen LogP contribution < -0.4 is 0 Å². The van der Waals surface area contributed by atoms with E-state index in [1.807, 2.05) is 20.8 Å². The molecule has 2 aliphatic heterocycles. The molecule has 96 valence electrons. The predicted molar refractivity (Wildman–Crippen MR) is 63.2 cm³/mol. The first-order valence-electron chi connectivity index (χ1n) is 5.73. The highest BCUT2D eigenvalue weighted by Crippen LogP contribution is 2.36. The van der Waals surface area contributed by atoms with Gasteiger partial charge < -0.3 is 14.7 Å². The standard InChI is InChI=1S/C11H20N4O2/c1-11(2,3)15-8-7(13(5)10(15)17)12(4)9(16)14(8)6/h7-8H,1-6H3/t7-,8+/m1/s1. The third-order valence-electron chi connectivity index (χ3n) is 3.56. The highest BCUT2D eigenvalue weighted by atomic mass is 16.2. The third kappa shape index (κ3) is 1.39. The van der Waals surface area contributed by atoms with Gasteiger partial charge in [0.25, 0.3) is 0 Å². The fourth-order valence-electron chi connectivity index (χ4n) is 2.72. The highest BCUT2D eigenvalue weighted by Gasteiger charge is 2.58. The minimum atomic E-state index is -0.301. The summed E-state index contributed by atoms with van der Waals surface area (Å²) in [6.45, 7) is 5.95. The molecule has 0 spiro atoms. The maximum Gasteiger partial charge on any atom is 0.323 e. The Morgan fingerprint density at radius 3 is 1.71 bits per heavy atom. The molecule has 0 aromatic carbocycles. The van der Waals surface area contributed by atoms with E-state index >= 15 is 0 Å². The molecule has 2 aliphatic rings. The summed E-state index contributed by atoms with van der Waals surface area (Å²) in [7, 11) is 5.22. The van der Waals surface area contributed by atoms with Crippen molar-refractivity contribution in [1.29, 1.82) is 0 Å². The second kappa shape index (κ2) is 3.27. The minimum Gasteiger partial charge on any atom is -0.303 e. The Hall–Kier alpha value is -1.46. The molecule has 0 unspecified atom stereocenters. The fourth-order valence-corrected chi connectivity index (χ4v) is 2.72. The van der Waals surface area contributed by atoms with Crippen molar-refractivity contribution in [2.24, 2.45) is 0 Å². The van der Waals surface area contributed by atoms with Gasteiger partial charge in [-0.05, 0) is 20.8 Å². The lowest BCUT2D eigenvalue weighted by Crippen LogP contribution is -2.53. The van der Waals surface area contributed by atoms with Crippen molar-refractivity contribution >= 4 is 12.1 Å². The Morgan fingerprint density at radius 1 is 0.824 bits per heavy atom. The molecular weight excluding hydrogens is 220 g/mol. The SMILES string of the molecule is CN1C(=O)N(C)[C@@H]2[C@H]1N(C)C(=O)N2C(C)(C)C. The number of carbonyl (C=O) groups is 2. The summed E-state index contributed by atoms with van der Waals surface area (Å²) >= 11 is 0. The fraction of sp³-hybridized carbons (Fsp3) is 0.818. The van der Waals surface area contributed by atoms with Crippen molar-refractivity contribution < 1.29 is 9.59 Å². The summed E-state index contributed by atoms with van der Waals surface area (Å²) in [5.74, 6) is 0. The van der Waals surface area contributed by atoms with Crippen LogP contribution in [-0.4, -0.2) is 70.7 Å². The zero-order valence-corrected chi connectivity index (χ0v) is 11.3. The number of rotatable bonds is 0. The molecule has 2 rings (SSSR count). The maximum atomic E-state index is 12.3. The van der Waals surface area contributed by atoms with Crippen LogP contribution >= 0.6 is 0 Å². The van der Waals surface area contributed by atoms with Crippen LogP contribution in [0.2, 0.25) is 0 Å². The van der Waals surface area contributed by atoms with Gasteiger partial charge in [-0.2, -0.15) is 0 Å². The Balaban J connectivity index is 2.45. The van der Waals surface area contributed by atoms with Crippen molar-refractivity contribution in [2.45, 2.75) is 38.6 Å². The van der Waals surface area contributed by atoms with Crippen molar-refractivity contribution in [1.82, 2.24) is 19.6 Å². The van der Waals surface area contributed by atoms with Crippen LogP contribution in [0.4, 0.5) is 9.59 Å². The van der Waals surface area contributed by atoms with Crippen molar-refractivity contribution in [3.63, 3.8) is 0 Å². The lowest BCUT2D eigenvalue weighted by Gasteiger charge is -2.37. The van der Waals surface area contributed by atoms with Gasteiger partial charge in [0.05, 0.1) is 0 Å². The van der Waals surface area contributed by atoms with Gasteiger partial charge >= 0.3 is 12.1 Å². The zero-order valence-electron chi connectivity index (χ0n) is 11.3. The van der Waals surface area contributed by atoms with Gasteiger partial charge in [0.1, 0.15) is 12.3 Å². The summed E-state index contributed by atoms with van der Waals surface area (Å²) in [5.41, 5.74) is -0.301. The van der Waals surface area contributed by atoms with E-state index < -0.39 is 0 Å². The maximum absolute atomic E-state index is 12.3.